The molecule has 0 bridgehead atoms. The number of ether oxygens (including phenoxy) is 2. The first-order chi connectivity index (χ1) is 12.1. The number of aromatic nitrogens is 2. The van der Waals surface area contributed by atoms with Gasteiger partial charge >= 0.3 is 6.09 Å². The summed E-state index contributed by atoms with van der Waals surface area (Å²) in [5, 5.41) is 8.93. The number of carbonyl (C=O) groups is 1. The minimum absolute atomic E-state index is 0.212. The molecule has 25 heavy (non-hydrogen) atoms. The van der Waals surface area contributed by atoms with Crippen molar-refractivity contribution in [2.24, 2.45) is 17.8 Å². The molecule has 1 aromatic heterocycles. The molecule has 2 heterocycles. The largest absolute Gasteiger partial charge is 0.478 e. The maximum Gasteiger partial charge on any atom is 0.409 e. The molecule has 2 aliphatic rings. The van der Waals surface area contributed by atoms with E-state index in [4.69, 9.17) is 14.7 Å². The van der Waals surface area contributed by atoms with Gasteiger partial charge in [0, 0.05) is 19.2 Å². The number of amides is 1. The molecule has 2 atom stereocenters. The molecule has 1 aromatic rings. The van der Waals surface area contributed by atoms with E-state index >= 15 is 0 Å². The van der Waals surface area contributed by atoms with Crippen LogP contribution in [0.4, 0.5) is 4.79 Å². The highest BCUT2D eigenvalue weighted by Gasteiger charge is 2.43. The fourth-order valence-electron chi connectivity index (χ4n) is 3.81. The Hall–Kier alpha value is -2.36. The maximum atomic E-state index is 11.5. The molecule has 3 rings (SSSR count). The number of carbonyl (C=O) groups excluding carboxylic acids is 1. The van der Waals surface area contributed by atoms with Crippen molar-refractivity contribution in [2.75, 3.05) is 26.8 Å². The lowest BCUT2D eigenvalue weighted by atomic mass is 9.91. The number of piperidine rings is 1. The van der Waals surface area contributed by atoms with Crippen LogP contribution in [0, 0.1) is 36.0 Å². The van der Waals surface area contributed by atoms with Crippen LogP contribution in [-0.2, 0) is 4.74 Å². The van der Waals surface area contributed by atoms with E-state index in [-0.39, 0.29) is 6.09 Å². The van der Waals surface area contributed by atoms with E-state index in [2.05, 4.69) is 9.97 Å². The Bertz CT molecular complexity index is 665. The molecule has 7 nitrogen and oxygen atoms in total. The van der Waals surface area contributed by atoms with Crippen LogP contribution in [0.25, 0.3) is 0 Å². The van der Waals surface area contributed by atoms with Crippen molar-refractivity contribution in [1.29, 1.82) is 5.26 Å². The summed E-state index contributed by atoms with van der Waals surface area (Å²) in [6.45, 7) is 3.97. The quantitative estimate of drug-likeness (QED) is 0.815. The predicted molar refractivity (Wildman–Crippen MR) is 89.9 cm³/mol. The summed E-state index contributed by atoms with van der Waals surface area (Å²) in [7, 11) is 1.43. The van der Waals surface area contributed by atoms with Crippen molar-refractivity contribution < 1.29 is 14.3 Å². The lowest BCUT2D eigenvalue weighted by molar-refractivity contribution is 0.102. The van der Waals surface area contributed by atoms with Crippen LogP contribution in [0.5, 0.6) is 5.88 Å². The van der Waals surface area contributed by atoms with E-state index in [0.29, 0.717) is 35.8 Å². The second kappa shape index (κ2) is 7.68. The number of nitrogens with zero attached hydrogens (tertiary/aromatic N) is 4. The highest BCUT2D eigenvalue weighted by Crippen LogP contribution is 2.49. The van der Waals surface area contributed by atoms with Crippen LogP contribution in [0.15, 0.2) is 6.07 Å². The van der Waals surface area contributed by atoms with Gasteiger partial charge in [0.25, 0.3) is 0 Å². The van der Waals surface area contributed by atoms with Crippen LogP contribution in [0.3, 0.4) is 0 Å². The first-order valence-corrected chi connectivity index (χ1v) is 8.82. The molecule has 0 spiro atoms. The molecule has 1 aliphatic heterocycles. The number of hydrogen-bond donors (Lipinski definition) is 0. The zero-order valence-electron chi connectivity index (χ0n) is 14.8. The molecule has 134 valence electrons. The van der Waals surface area contributed by atoms with Gasteiger partial charge < -0.3 is 14.4 Å². The number of hydrogen-bond acceptors (Lipinski definition) is 6. The van der Waals surface area contributed by atoms with E-state index in [1.165, 1.54) is 13.5 Å². The minimum Gasteiger partial charge on any atom is -0.478 e. The highest BCUT2D eigenvalue weighted by atomic mass is 16.5. The van der Waals surface area contributed by atoms with Gasteiger partial charge in [-0.15, -0.1) is 0 Å². The molecular formula is C18H24N4O3. The van der Waals surface area contributed by atoms with Gasteiger partial charge in [-0.1, -0.05) is 0 Å². The van der Waals surface area contributed by atoms with E-state index < -0.39 is 0 Å². The molecular weight excluding hydrogens is 320 g/mol. The number of aryl methyl sites for hydroxylation is 1. The summed E-state index contributed by atoms with van der Waals surface area (Å²) >= 11 is 0. The first-order valence-electron chi connectivity index (χ1n) is 8.82. The van der Waals surface area contributed by atoms with Gasteiger partial charge in [-0.25, -0.2) is 9.78 Å². The van der Waals surface area contributed by atoms with E-state index in [9.17, 15) is 4.79 Å². The molecule has 2 fully saturated rings. The minimum atomic E-state index is -0.212. The third-order valence-electron chi connectivity index (χ3n) is 5.22. The zero-order chi connectivity index (χ0) is 17.8. The van der Waals surface area contributed by atoms with Crippen LogP contribution in [0.2, 0.25) is 0 Å². The summed E-state index contributed by atoms with van der Waals surface area (Å²) in [6, 6.07) is 3.60. The van der Waals surface area contributed by atoms with Crippen molar-refractivity contribution in [1.82, 2.24) is 14.9 Å². The van der Waals surface area contributed by atoms with Gasteiger partial charge in [-0.3, -0.25) is 0 Å². The Morgan fingerprint density at radius 3 is 2.84 bits per heavy atom. The van der Waals surface area contributed by atoms with Crippen molar-refractivity contribution >= 4 is 6.09 Å². The Morgan fingerprint density at radius 2 is 2.16 bits per heavy atom. The summed E-state index contributed by atoms with van der Waals surface area (Å²) in [6.07, 6.45) is 4.17. The number of likely N-dealkylation sites (tertiary alicyclic amines) is 1. The third kappa shape index (κ3) is 4.38. The van der Waals surface area contributed by atoms with Gasteiger partial charge in [0.2, 0.25) is 5.88 Å². The molecule has 0 unspecified atom stereocenters. The average Bonchev–Trinajstić information content (AvgIpc) is 3.40. The second-order valence-corrected chi connectivity index (χ2v) is 6.84. The predicted octanol–water partition coefficient (Wildman–Crippen LogP) is 2.54. The fraction of sp³-hybridized carbons (Fsp3) is 0.667. The van der Waals surface area contributed by atoms with E-state index in [0.717, 1.165) is 38.3 Å². The van der Waals surface area contributed by atoms with Crippen molar-refractivity contribution in [3.63, 3.8) is 0 Å². The Morgan fingerprint density at radius 1 is 1.40 bits per heavy atom. The summed E-state index contributed by atoms with van der Waals surface area (Å²) in [5.74, 6) is 3.19. The molecule has 7 heteroatoms. The van der Waals surface area contributed by atoms with Gasteiger partial charge in [0.15, 0.2) is 0 Å². The standard InChI is InChI=1S/C18H24N4O3/c1-12-20-15(11-19)10-17(21-12)25-8-5-14-9-16(14)13-3-6-22(7-4-13)18(23)24-2/h10,13-14,16H,3-9H2,1-2H3/t14-,16-/m1/s1. The summed E-state index contributed by atoms with van der Waals surface area (Å²) < 4.78 is 10.5. The van der Waals surface area contributed by atoms with Gasteiger partial charge in [-0.2, -0.15) is 10.2 Å². The van der Waals surface area contributed by atoms with Crippen LogP contribution in [0.1, 0.15) is 37.2 Å². The first kappa shape index (κ1) is 17.5. The Labute approximate surface area is 148 Å². The summed E-state index contributed by atoms with van der Waals surface area (Å²) in [5.41, 5.74) is 0.337. The molecule has 1 amide bonds. The van der Waals surface area contributed by atoms with Gasteiger partial charge in [0.1, 0.15) is 17.6 Å². The second-order valence-electron chi connectivity index (χ2n) is 6.84. The molecule has 1 saturated heterocycles. The van der Waals surface area contributed by atoms with Crippen LogP contribution >= 0.6 is 0 Å². The molecule has 0 N–H and O–H groups in total. The van der Waals surface area contributed by atoms with Crippen LogP contribution < -0.4 is 4.74 Å². The molecule has 0 radical (unpaired) electrons. The normalized spacial score (nSPS) is 23.0. The monoisotopic (exact) mass is 344 g/mol. The molecule has 0 aromatic carbocycles. The number of nitriles is 1. The summed E-state index contributed by atoms with van der Waals surface area (Å²) in [4.78, 5) is 21.5. The highest BCUT2D eigenvalue weighted by molar-refractivity contribution is 5.67. The maximum absolute atomic E-state index is 11.5. The van der Waals surface area contributed by atoms with E-state index in [1.807, 2.05) is 6.07 Å². The van der Waals surface area contributed by atoms with Crippen molar-refractivity contribution in [3.05, 3.63) is 17.6 Å². The van der Waals surface area contributed by atoms with Crippen molar-refractivity contribution in [2.45, 2.75) is 32.6 Å². The SMILES string of the molecule is COC(=O)N1CCC([C@H]2C[C@H]2CCOc2cc(C#N)nc(C)n2)CC1. The van der Waals surface area contributed by atoms with Gasteiger partial charge in [0.05, 0.1) is 13.7 Å². The Kier molecular flexibility index (Phi) is 5.37. The van der Waals surface area contributed by atoms with E-state index in [1.54, 1.807) is 17.9 Å². The number of rotatable bonds is 5. The fourth-order valence-corrected chi connectivity index (χ4v) is 3.81. The zero-order valence-corrected chi connectivity index (χ0v) is 14.8. The smallest absolute Gasteiger partial charge is 0.409 e. The topological polar surface area (TPSA) is 88.3 Å². The molecule has 1 saturated carbocycles. The Balaban J connectivity index is 1.39. The average molecular weight is 344 g/mol. The number of methoxy groups -OCH3 is 1. The van der Waals surface area contributed by atoms with Crippen molar-refractivity contribution in [3.8, 4) is 11.9 Å². The lowest BCUT2D eigenvalue weighted by Crippen LogP contribution is -2.38. The van der Waals surface area contributed by atoms with Gasteiger partial charge in [-0.05, 0) is 50.4 Å². The van der Waals surface area contributed by atoms with Crippen LogP contribution in [-0.4, -0.2) is 47.8 Å². The lowest BCUT2D eigenvalue weighted by Gasteiger charge is -2.31. The molecule has 1 aliphatic carbocycles. The third-order valence-corrected chi connectivity index (χ3v) is 5.22.